The number of hydrogen-bond donors (Lipinski definition) is 1. The summed E-state index contributed by atoms with van der Waals surface area (Å²) in [5, 5.41) is 3.47. The molecule has 8 heteroatoms. The molecule has 1 aromatic carbocycles. The van der Waals surface area contributed by atoms with Crippen LogP contribution in [0.3, 0.4) is 0 Å². The Hall–Kier alpha value is -1.17. The Bertz CT molecular complexity index is 578. The average Bonchev–Trinajstić information content (AvgIpc) is 2.47. The summed E-state index contributed by atoms with van der Waals surface area (Å²) in [7, 11) is 0. The molecule has 0 saturated heterocycles. The summed E-state index contributed by atoms with van der Waals surface area (Å²) in [5.41, 5.74) is 0. The average molecular weight is 383 g/mol. The summed E-state index contributed by atoms with van der Waals surface area (Å²) >= 11 is 17.5. The molecule has 1 N–H and O–H groups in total. The number of benzene rings is 1. The maximum absolute atomic E-state index is 11.6. The Morgan fingerprint density at radius 3 is 2.26 bits per heavy atom. The molecule has 0 aliphatic heterocycles. The summed E-state index contributed by atoms with van der Waals surface area (Å²) in [5.74, 6) is -0.572. The monoisotopic (exact) mass is 381 g/mol. The lowest BCUT2D eigenvalue weighted by Crippen LogP contribution is -2.39. The molecule has 128 valence electrons. The molecule has 1 amide bonds. The van der Waals surface area contributed by atoms with Crippen LogP contribution in [0.25, 0.3) is 0 Å². The number of amides is 1. The summed E-state index contributed by atoms with van der Waals surface area (Å²) in [6.45, 7) is 5.07. The highest BCUT2D eigenvalue weighted by atomic mass is 35.5. The normalized spacial score (nSPS) is 12.0. The van der Waals surface area contributed by atoms with Gasteiger partial charge in [-0.1, -0.05) is 48.7 Å². The molecule has 0 radical (unpaired) electrons. The van der Waals surface area contributed by atoms with E-state index in [0.717, 1.165) is 0 Å². The van der Waals surface area contributed by atoms with Gasteiger partial charge in [-0.15, -0.1) is 0 Å². The van der Waals surface area contributed by atoms with Crippen molar-refractivity contribution < 1.29 is 19.1 Å². The van der Waals surface area contributed by atoms with Gasteiger partial charge in [-0.25, -0.2) is 4.79 Å². The SMILES string of the molecule is CC(C)[C@H](C)NC(=O)COC(=O)COc1cc(Cl)c(Cl)cc1Cl. The summed E-state index contributed by atoms with van der Waals surface area (Å²) < 4.78 is 10.0. The maximum Gasteiger partial charge on any atom is 0.344 e. The number of esters is 1. The number of nitrogens with one attached hydrogen (secondary N) is 1. The topological polar surface area (TPSA) is 64.6 Å². The number of carbonyl (C=O) groups is 2. The van der Waals surface area contributed by atoms with E-state index in [9.17, 15) is 9.59 Å². The first kappa shape index (κ1) is 19.9. The smallest absolute Gasteiger partial charge is 0.344 e. The van der Waals surface area contributed by atoms with Crippen LogP contribution in [0.4, 0.5) is 0 Å². The first-order chi connectivity index (χ1) is 10.7. The molecule has 1 rings (SSSR count). The van der Waals surface area contributed by atoms with Gasteiger partial charge >= 0.3 is 5.97 Å². The van der Waals surface area contributed by atoms with Gasteiger partial charge in [-0.05, 0) is 18.9 Å². The predicted molar refractivity (Wildman–Crippen MR) is 90.4 cm³/mol. The zero-order valence-electron chi connectivity index (χ0n) is 13.0. The van der Waals surface area contributed by atoms with Crippen LogP contribution < -0.4 is 10.1 Å². The third-order valence-corrected chi connectivity index (χ3v) is 4.09. The van der Waals surface area contributed by atoms with Crippen molar-refractivity contribution in [2.75, 3.05) is 13.2 Å². The van der Waals surface area contributed by atoms with Gasteiger partial charge in [0, 0.05) is 12.1 Å². The van der Waals surface area contributed by atoms with Crippen molar-refractivity contribution in [2.24, 2.45) is 5.92 Å². The molecule has 0 heterocycles. The molecule has 0 aromatic heterocycles. The van der Waals surface area contributed by atoms with Crippen LogP contribution in [0.5, 0.6) is 5.75 Å². The Morgan fingerprint density at radius 2 is 1.65 bits per heavy atom. The van der Waals surface area contributed by atoms with Gasteiger partial charge < -0.3 is 14.8 Å². The highest BCUT2D eigenvalue weighted by Crippen LogP contribution is 2.33. The third-order valence-electron chi connectivity index (χ3n) is 3.07. The number of hydrogen-bond acceptors (Lipinski definition) is 4. The third kappa shape index (κ3) is 6.85. The highest BCUT2D eigenvalue weighted by Gasteiger charge is 2.14. The second-order valence-electron chi connectivity index (χ2n) is 5.25. The van der Waals surface area contributed by atoms with Crippen molar-refractivity contribution in [2.45, 2.75) is 26.8 Å². The van der Waals surface area contributed by atoms with E-state index in [1.54, 1.807) is 0 Å². The Labute approximate surface area is 150 Å². The van der Waals surface area contributed by atoms with Crippen LogP contribution in [0.15, 0.2) is 12.1 Å². The zero-order chi connectivity index (χ0) is 17.6. The first-order valence-corrected chi connectivity index (χ1v) is 8.06. The molecule has 0 aliphatic rings. The van der Waals surface area contributed by atoms with E-state index in [2.05, 4.69) is 5.32 Å². The second kappa shape index (κ2) is 9.21. The number of rotatable bonds is 7. The lowest BCUT2D eigenvalue weighted by atomic mass is 10.1. The van der Waals surface area contributed by atoms with Gasteiger partial charge in [0.1, 0.15) is 5.75 Å². The minimum atomic E-state index is -0.695. The van der Waals surface area contributed by atoms with Gasteiger partial charge in [-0.2, -0.15) is 0 Å². The summed E-state index contributed by atoms with van der Waals surface area (Å²) in [6.07, 6.45) is 0. The molecule has 0 aliphatic carbocycles. The molecule has 0 fully saturated rings. The molecular formula is C15H18Cl3NO4. The number of halogens is 3. The molecule has 1 atom stereocenters. The van der Waals surface area contributed by atoms with E-state index < -0.39 is 12.6 Å². The van der Waals surface area contributed by atoms with Gasteiger partial charge in [-0.3, -0.25) is 4.79 Å². The Balaban J connectivity index is 2.40. The predicted octanol–water partition coefficient (Wildman–Crippen LogP) is 3.73. The minimum absolute atomic E-state index is 0.00697. The Kier molecular flexibility index (Phi) is 7.95. The van der Waals surface area contributed by atoms with E-state index in [4.69, 9.17) is 44.3 Å². The molecular weight excluding hydrogens is 365 g/mol. The van der Waals surface area contributed by atoms with Crippen molar-refractivity contribution in [3.05, 3.63) is 27.2 Å². The lowest BCUT2D eigenvalue weighted by molar-refractivity contribution is -0.150. The molecule has 0 bridgehead atoms. The van der Waals surface area contributed by atoms with Gasteiger partial charge in [0.05, 0.1) is 15.1 Å². The molecule has 5 nitrogen and oxygen atoms in total. The first-order valence-electron chi connectivity index (χ1n) is 6.93. The molecule has 23 heavy (non-hydrogen) atoms. The van der Waals surface area contributed by atoms with Gasteiger partial charge in [0.15, 0.2) is 13.2 Å². The minimum Gasteiger partial charge on any atom is -0.480 e. The van der Waals surface area contributed by atoms with E-state index in [-0.39, 0.29) is 45.3 Å². The fourth-order valence-corrected chi connectivity index (χ4v) is 1.99. The van der Waals surface area contributed by atoms with Crippen LogP contribution in [-0.2, 0) is 14.3 Å². The van der Waals surface area contributed by atoms with Crippen molar-refractivity contribution in [1.82, 2.24) is 5.32 Å². The fourth-order valence-electron chi connectivity index (χ4n) is 1.40. The Morgan fingerprint density at radius 1 is 1.04 bits per heavy atom. The quantitative estimate of drug-likeness (QED) is 0.576. The number of ether oxygens (including phenoxy) is 2. The highest BCUT2D eigenvalue weighted by molar-refractivity contribution is 6.43. The van der Waals surface area contributed by atoms with Gasteiger partial charge in [0.2, 0.25) is 0 Å². The van der Waals surface area contributed by atoms with Crippen molar-refractivity contribution in [1.29, 1.82) is 0 Å². The summed E-state index contributed by atoms with van der Waals surface area (Å²) in [4.78, 5) is 23.2. The molecule has 0 saturated carbocycles. The van der Waals surface area contributed by atoms with Gasteiger partial charge in [0.25, 0.3) is 5.91 Å². The fraction of sp³-hybridized carbons (Fsp3) is 0.467. The second-order valence-corrected chi connectivity index (χ2v) is 6.47. The zero-order valence-corrected chi connectivity index (χ0v) is 15.3. The standard InChI is InChI=1S/C15H18Cl3NO4/c1-8(2)9(3)19-14(20)6-23-15(21)7-22-13-5-11(17)10(16)4-12(13)18/h4-5,8-9H,6-7H2,1-3H3,(H,19,20)/t9-/m0/s1. The van der Waals surface area contributed by atoms with Crippen LogP contribution in [0.1, 0.15) is 20.8 Å². The van der Waals surface area contributed by atoms with E-state index in [1.165, 1.54) is 12.1 Å². The van der Waals surface area contributed by atoms with Crippen LogP contribution in [-0.4, -0.2) is 31.1 Å². The van der Waals surface area contributed by atoms with E-state index in [0.29, 0.717) is 0 Å². The maximum atomic E-state index is 11.6. The summed E-state index contributed by atoms with van der Waals surface area (Å²) in [6, 6.07) is 2.80. The van der Waals surface area contributed by atoms with E-state index in [1.807, 2.05) is 20.8 Å². The molecule has 0 unspecified atom stereocenters. The van der Waals surface area contributed by atoms with E-state index >= 15 is 0 Å². The van der Waals surface area contributed by atoms with Crippen molar-refractivity contribution >= 4 is 46.7 Å². The van der Waals surface area contributed by atoms with Crippen LogP contribution in [0.2, 0.25) is 15.1 Å². The molecule has 0 spiro atoms. The molecule has 1 aromatic rings. The van der Waals surface area contributed by atoms with Crippen molar-refractivity contribution in [3.8, 4) is 5.75 Å². The lowest BCUT2D eigenvalue weighted by Gasteiger charge is -2.17. The number of carbonyl (C=O) groups excluding carboxylic acids is 2. The van der Waals surface area contributed by atoms with Crippen molar-refractivity contribution in [3.63, 3.8) is 0 Å². The largest absolute Gasteiger partial charge is 0.480 e. The van der Waals surface area contributed by atoms with Crippen LogP contribution in [0, 0.1) is 5.92 Å². The van der Waals surface area contributed by atoms with Crippen LogP contribution >= 0.6 is 34.8 Å².